The zero-order valence-electron chi connectivity index (χ0n) is 6.96. The average molecular weight is 185 g/mol. The minimum Gasteiger partial charge on any atom is -0.249 e. The number of hydrogen-bond acceptors (Lipinski definition) is 1. The van der Waals surface area contributed by atoms with E-state index in [1.807, 2.05) is 22.9 Å². The summed E-state index contributed by atoms with van der Waals surface area (Å²) in [6, 6.07) is 0. The Labute approximate surface area is 74.2 Å². The Bertz CT molecular complexity index is 221. The van der Waals surface area contributed by atoms with Crippen molar-refractivity contribution in [2.75, 3.05) is 12.7 Å². The fraction of sp³-hybridized carbons (Fsp3) is 0.556. The third kappa shape index (κ3) is 1.46. The van der Waals surface area contributed by atoms with Crippen LogP contribution < -0.4 is 0 Å². The van der Waals surface area contributed by atoms with Crippen LogP contribution >= 0.6 is 8.73 Å². The van der Waals surface area contributed by atoms with E-state index in [2.05, 4.69) is 0 Å². The van der Waals surface area contributed by atoms with E-state index in [1.165, 1.54) is 6.16 Å². The Morgan fingerprint density at radius 3 is 2.92 bits per heavy atom. The second-order valence-corrected chi connectivity index (χ2v) is 4.58. The molecule has 0 radical (unpaired) electrons. The fourth-order valence-electron chi connectivity index (χ4n) is 1.63. The van der Waals surface area contributed by atoms with Gasteiger partial charge in [0.15, 0.2) is 5.79 Å². The lowest BCUT2D eigenvalue weighted by molar-refractivity contribution is 0.0941. The van der Waals surface area contributed by atoms with Gasteiger partial charge in [0, 0.05) is 13.0 Å². The first-order chi connectivity index (χ1) is 5.81. The van der Waals surface area contributed by atoms with Crippen molar-refractivity contribution in [3.8, 4) is 0 Å². The second-order valence-electron chi connectivity index (χ2n) is 3.22. The van der Waals surface area contributed by atoms with Crippen molar-refractivity contribution in [2.45, 2.75) is 18.6 Å². The van der Waals surface area contributed by atoms with E-state index >= 15 is 0 Å². The maximum atomic E-state index is 14.1. The van der Waals surface area contributed by atoms with Gasteiger partial charge in [0.05, 0.1) is 0 Å². The third-order valence-electron chi connectivity index (χ3n) is 2.31. The monoisotopic (exact) mass is 185 g/mol. The van der Waals surface area contributed by atoms with Crippen molar-refractivity contribution in [1.82, 2.24) is 4.67 Å². The van der Waals surface area contributed by atoms with Gasteiger partial charge in [-0.05, 0) is 27.4 Å². The molecule has 1 saturated heterocycles. The molecule has 3 heteroatoms. The molecule has 2 unspecified atom stereocenters. The third-order valence-corrected chi connectivity index (χ3v) is 3.87. The molecule has 0 saturated carbocycles. The summed E-state index contributed by atoms with van der Waals surface area (Å²) in [6.45, 7) is 0.924. The van der Waals surface area contributed by atoms with E-state index in [0.29, 0.717) is 15.2 Å². The molecular formula is C9H13FNP. The molecule has 2 aliphatic rings. The van der Waals surface area contributed by atoms with Gasteiger partial charge in [-0.2, -0.15) is 0 Å². The number of rotatable bonds is 1. The average Bonchev–Trinajstić information content (AvgIpc) is 2.58. The van der Waals surface area contributed by atoms with Crippen LogP contribution in [0.25, 0.3) is 0 Å². The maximum absolute atomic E-state index is 14.1. The maximum Gasteiger partial charge on any atom is 0.189 e. The van der Waals surface area contributed by atoms with Crippen LogP contribution in [0.3, 0.4) is 0 Å². The smallest absolute Gasteiger partial charge is 0.189 e. The molecule has 1 aliphatic heterocycles. The highest BCUT2D eigenvalue weighted by atomic mass is 31.1. The lowest BCUT2D eigenvalue weighted by atomic mass is 10.1. The fourth-order valence-corrected chi connectivity index (χ4v) is 2.96. The van der Waals surface area contributed by atoms with E-state index < -0.39 is 5.79 Å². The lowest BCUT2D eigenvalue weighted by Gasteiger charge is -2.31. The molecule has 1 nitrogen and oxygen atoms in total. The number of nitrogens with zero attached hydrogens (tertiary/aromatic N) is 1. The minimum absolute atomic E-state index is 0.524. The van der Waals surface area contributed by atoms with Gasteiger partial charge in [-0.3, -0.25) is 0 Å². The number of allylic oxidation sites excluding steroid dienone is 2. The molecule has 12 heavy (non-hydrogen) atoms. The Morgan fingerprint density at radius 2 is 2.33 bits per heavy atom. The number of hydrogen-bond donors (Lipinski definition) is 0. The first-order valence-corrected chi connectivity index (χ1v) is 5.51. The molecule has 1 heterocycles. The predicted molar refractivity (Wildman–Crippen MR) is 51.2 cm³/mol. The molecule has 0 aromatic carbocycles. The zero-order chi connectivity index (χ0) is 8.44. The predicted octanol–water partition coefficient (Wildman–Crippen LogP) is 2.47. The summed E-state index contributed by atoms with van der Waals surface area (Å²) in [5.74, 6) is -1.16. The van der Waals surface area contributed by atoms with E-state index in [1.54, 1.807) is 6.08 Å². The molecule has 66 valence electrons. The Balaban J connectivity index is 2.09. The standard InChI is InChI=1S/C9H13FNP/c10-9(5-2-1-3-6-9)11-7-4-8-12-11/h1-3,5,12H,4,6-8H2. The van der Waals surface area contributed by atoms with Crippen molar-refractivity contribution in [2.24, 2.45) is 0 Å². The van der Waals surface area contributed by atoms with E-state index in [0.717, 1.165) is 13.0 Å². The summed E-state index contributed by atoms with van der Waals surface area (Å²) in [6.07, 6.45) is 10.2. The zero-order valence-corrected chi connectivity index (χ0v) is 7.96. The largest absolute Gasteiger partial charge is 0.249 e. The normalized spacial score (nSPS) is 38.1. The molecular weight excluding hydrogens is 172 g/mol. The van der Waals surface area contributed by atoms with Gasteiger partial charge in [0.2, 0.25) is 0 Å². The molecule has 2 rings (SSSR count). The molecule has 0 spiro atoms. The second kappa shape index (κ2) is 3.27. The Hall–Kier alpha value is -0.200. The summed E-state index contributed by atoms with van der Waals surface area (Å²) in [7, 11) is 0.675. The number of halogens is 1. The SMILES string of the molecule is FC1(N2CCCP2)C=CC=CC1. The molecule has 0 amide bonds. The van der Waals surface area contributed by atoms with Gasteiger partial charge in [-0.25, -0.2) is 9.06 Å². The van der Waals surface area contributed by atoms with Crippen molar-refractivity contribution < 1.29 is 4.39 Å². The van der Waals surface area contributed by atoms with Gasteiger partial charge in [-0.1, -0.05) is 18.2 Å². The minimum atomic E-state index is -1.16. The van der Waals surface area contributed by atoms with Gasteiger partial charge >= 0.3 is 0 Å². The summed E-state index contributed by atoms with van der Waals surface area (Å²) in [5.41, 5.74) is 0. The van der Waals surface area contributed by atoms with Crippen molar-refractivity contribution in [1.29, 1.82) is 0 Å². The van der Waals surface area contributed by atoms with Gasteiger partial charge in [0.25, 0.3) is 0 Å². The van der Waals surface area contributed by atoms with Crippen LogP contribution in [0, 0.1) is 0 Å². The molecule has 0 N–H and O–H groups in total. The summed E-state index contributed by atoms with van der Waals surface area (Å²) < 4.78 is 16.0. The van der Waals surface area contributed by atoms with Crippen molar-refractivity contribution in [3.05, 3.63) is 24.3 Å². The molecule has 1 fully saturated rings. The van der Waals surface area contributed by atoms with Crippen molar-refractivity contribution >= 4 is 8.73 Å². The van der Waals surface area contributed by atoms with Crippen LogP contribution in [0.1, 0.15) is 12.8 Å². The van der Waals surface area contributed by atoms with Crippen LogP contribution in [0.15, 0.2) is 24.3 Å². The highest BCUT2D eigenvalue weighted by Gasteiger charge is 2.35. The topological polar surface area (TPSA) is 3.24 Å². The first kappa shape index (κ1) is 8.40. The lowest BCUT2D eigenvalue weighted by Crippen LogP contribution is -2.36. The molecule has 1 aliphatic carbocycles. The van der Waals surface area contributed by atoms with E-state index in [9.17, 15) is 4.39 Å². The Morgan fingerprint density at radius 1 is 1.42 bits per heavy atom. The van der Waals surface area contributed by atoms with E-state index in [-0.39, 0.29) is 0 Å². The van der Waals surface area contributed by atoms with Crippen LogP contribution in [-0.2, 0) is 0 Å². The highest BCUT2D eigenvalue weighted by molar-refractivity contribution is 7.35. The van der Waals surface area contributed by atoms with Gasteiger partial charge in [0.1, 0.15) is 0 Å². The quantitative estimate of drug-likeness (QED) is 0.448. The molecule has 0 aromatic rings. The molecule has 0 bridgehead atoms. The summed E-state index contributed by atoms with van der Waals surface area (Å²) in [4.78, 5) is 0. The van der Waals surface area contributed by atoms with Gasteiger partial charge in [-0.15, -0.1) is 0 Å². The van der Waals surface area contributed by atoms with Crippen LogP contribution in [-0.4, -0.2) is 23.2 Å². The Kier molecular flexibility index (Phi) is 2.29. The highest BCUT2D eigenvalue weighted by Crippen LogP contribution is 2.39. The van der Waals surface area contributed by atoms with Gasteiger partial charge < -0.3 is 0 Å². The van der Waals surface area contributed by atoms with Crippen LogP contribution in [0.5, 0.6) is 0 Å². The molecule has 0 aromatic heterocycles. The summed E-state index contributed by atoms with van der Waals surface area (Å²) >= 11 is 0. The van der Waals surface area contributed by atoms with Crippen LogP contribution in [0.4, 0.5) is 4.39 Å². The number of alkyl halides is 1. The van der Waals surface area contributed by atoms with Crippen molar-refractivity contribution in [3.63, 3.8) is 0 Å². The molecule has 2 atom stereocenters. The van der Waals surface area contributed by atoms with E-state index in [4.69, 9.17) is 0 Å². The summed E-state index contributed by atoms with van der Waals surface area (Å²) in [5, 5.41) is 0. The first-order valence-electron chi connectivity index (χ1n) is 4.36. The van der Waals surface area contributed by atoms with Crippen LogP contribution in [0.2, 0.25) is 0 Å².